The number of likely N-dealkylation sites (tertiary alicyclic amines) is 1. The van der Waals surface area contributed by atoms with E-state index in [1.807, 2.05) is 29.2 Å². The fourth-order valence-electron chi connectivity index (χ4n) is 4.13. The first-order chi connectivity index (χ1) is 11.7. The van der Waals surface area contributed by atoms with E-state index in [-0.39, 0.29) is 23.3 Å². The van der Waals surface area contributed by atoms with Gasteiger partial charge in [0, 0.05) is 31.6 Å². The number of rotatable bonds is 2. The third-order valence-electron chi connectivity index (χ3n) is 5.42. The minimum atomic E-state index is -0.217. The van der Waals surface area contributed by atoms with Gasteiger partial charge in [-0.3, -0.25) is 9.59 Å². The van der Waals surface area contributed by atoms with Crippen molar-refractivity contribution >= 4 is 11.8 Å². The number of hydrogen-bond donors (Lipinski definition) is 2. The maximum absolute atomic E-state index is 12.5. The van der Waals surface area contributed by atoms with Crippen LogP contribution in [0.2, 0.25) is 0 Å². The summed E-state index contributed by atoms with van der Waals surface area (Å²) in [5, 5.41) is 3.23. The maximum Gasteiger partial charge on any atom is 0.270 e. The van der Waals surface area contributed by atoms with Crippen LogP contribution >= 0.6 is 0 Å². The van der Waals surface area contributed by atoms with Gasteiger partial charge in [-0.15, -0.1) is 0 Å². The Labute approximate surface area is 141 Å². The second kappa shape index (κ2) is 5.82. The van der Waals surface area contributed by atoms with Crippen LogP contribution in [-0.4, -0.2) is 40.3 Å². The van der Waals surface area contributed by atoms with Gasteiger partial charge in [-0.05, 0) is 30.5 Å². The molecule has 2 fully saturated rings. The molecule has 0 bridgehead atoms. The summed E-state index contributed by atoms with van der Waals surface area (Å²) in [5.74, 6) is 0.345. The van der Waals surface area contributed by atoms with Crippen LogP contribution in [0, 0.1) is 0 Å². The zero-order valence-corrected chi connectivity index (χ0v) is 13.5. The molecule has 3 heterocycles. The van der Waals surface area contributed by atoms with Gasteiger partial charge in [0.15, 0.2) is 0 Å². The van der Waals surface area contributed by atoms with Crippen LogP contribution < -0.4 is 5.32 Å². The summed E-state index contributed by atoms with van der Waals surface area (Å²) in [6.07, 6.45) is 3.89. The summed E-state index contributed by atoms with van der Waals surface area (Å²) < 4.78 is 0. The molecule has 1 spiro atoms. The van der Waals surface area contributed by atoms with E-state index in [9.17, 15) is 9.59 Å². The quantitative estimate of drug-likeness (QED) is 0.890. The molecule has 0 aliphatic carbocycles. The Morgan fingerprint density at radius 1 is 1.08 bits per heavy atom. The largest absolute Gasteiger partial charge is 0.357 e. The van der Waals surface area contributed by atoms with Crippen LogP contribution in [0.3, 0.4) is 0 Å². The predicted molar refractivity (Wildman–Crippen MR) is 90.6 cm³/mol. The smallest absolute Gasteiger partial charge is 0.270 e. The minimum absolute atomic E-state index is 0.0374. The second-order valence-electron chi connectivity index (χ2n) is 6.75. The highest BCUT2D eigenvalue weighted by Gasteiger charge is 2.49. The van der Waals surface area contributed by atoms with Gasteiger partial charge in [0.2, 0.25) is 5.91 Å². The van der Waals surface area contributed by atoms with E-state index in [0.29, 0.717) is 25.2 Å². The molecule has 2 N–H and O–H groups in total. The number of benzene rings is 1. The van der Waals surface area contributed by atoms with Gasteiger partial charge in [0.1, 0.15) is 5.69 Å². The topological polar surface area (TPSA) is 65.2 Å². The molecule has 0 unspecified atom stereocenters. The molecule has 5 heteroatoms. The van der Waals surface area contributed by atoms with E-state index in [0.717, 1.165) is 12.8 Å². The number of hydrogen-bond acceptors (Lipinski definition) is 2. The zero-order chi connectivity index (χ0) is 16.6. The van der Waals surface area contributed by atoms with Crippen LogP contribution in [-0.2, 0) is 4.79 Å². The van der Waals surface area contributed by atoms with Crippen molar-refractivity contribution in [3.63, 3.8) is 0 Å². The number of nitrogens with one attached hydrogen (secondary N) is 2. The van der Waals surface area contributed by atoms with Crippen LogP contribution in [0.25, 0.3) is 0 Å². The van der Waals surface area contributed by atoms with Crippen molar-refractivity contribution in [2.24, 2.45) is 0 Å². The average molecular weight is 323 g/mol. The molecule has 0 radical (unpaired) electrons. The Morgan fingerprint density at radius 2 is 1.83 bits per heavy atom. The van der Waals surface area contributed by atoms with Gasteiger partial charge >= 0.3 is 0 Å². The molecule has 2 aliphatic rings. The van der Waals surface area contributed by atoms with Crippen LogP contribution in [0.5, 0.6) is 0 Å². The fourth-order valence-corrected chi connectivity index (χ4v) is 4.13. The molecule has 0 saturated carbocycles. The third-order valence-corrected chi connectivity index (χ3v) is 5.42. The molecule has 1 atom stereocenters. The molecule has 4 rings (SSSR count). The molecule has 24 heavy (non-hydrogen) atoms. The number of aromatic nitrogens is 1. The first kappa shape index (κ1) is 15.0. The van der Waals surface area contributed by atoms with E-state index in [4.69, 9.17) is 0 Å². The number of carbonyl (C=O) groups is 2. The predicted octanol–water partition coefficient (Wildman–Crippen LogP) is 2.29. The van der Waals surface area contributed by atoms with Gasteiger partial charge in [0.05, 0.1) is 5.54 Å². The van der Waals surface area contributed by atoms with Crippen LogP contribution in [0.15, 0.2) is 48.7 Å². The van der Waals surface area contributed by atoms with E-state index in [1.165, 1.54) is 5.56 Å². The van der Waals surface area contributed by atoms with Crippen molar-refractivity contribution in [2.75, 3.05) is 13.1 Å². The average Bonchev–Trinajstić information content (AvgIpc) is 3.24. The van der Waals surface area contributed by atoms with Gasteiger partial charge in [-0.2, -0.15) is 0 Å². The highest BCUT2D eigenvalue weighted by molar-refractivity contribution is 5.92. The van der Waals surface area contributed by atoms with Gasteiger partial charge < -0.3 is 15.2 Å². The van der Waals surface area contributed by atoms with Crippen molar-refractivity contribution in [3.05, 3.63) is 59.9 Å². The molecule has 5 nitrogen and oxygen atoms in total. The summed E-state index contributed by atoms with van der Waals surface area (Å²) in [5.41, 5.74) is 1.62. The Bertz CT molecular complexity index is 731. The first-order valence-electron chi connectivity index (χ1n) is 8.47. The molecule has 1 aromatic heterocycles. The highest BCUT2D eigenvalue weighted by Crippen LogP contribution is 2.43. The summed E-state index contributed by atoms with van der Waals surface area (Å²) >= 11 is 0. The zero-order valence-electron chi connectivity index (χ0n) is 13.5. The lowest BCUT2D eigenvalue weighted by Gasteiger charge is -2.42. The standard InChI is InChI=1S/C19H21N3O2/c23-17-13-15(14-5-2-1-3-6-14)19(21-17)8-11-22(12-9-19)18(24)16-7-4-10-20-16/h1-7,10,15,20H,8-9,11-13H2,(H,21,23)/t15-/m1/s1. The lowest BCUT2D eigenvalue weighted by molar-refractivity contribution is -0.120. The number of piperidine rings is 1. The number of nitrogens with zero attached hydrogens (tertiary/aromatic N) is 1. The summed E-state index contributed by atoms with van der Waals surface area (Å²) in [6, 6.07) is 13.9. The fraction of sp³-hybridized carbons (Fsp3) is 0.368. The Morgan fingerprint density at radius 3 is 2.50 bits per heavy atom. The van der Waals surface area contributed by atoms with Crippen LogP contribution in [0.1, 0.15) is 41.2 Å². The first-order valence-corrected chi connectivity index (χ1v) is 8.47. The van der Waals surface area contributed by atoms with Gasteiger partial charge in [-0.25, -0.2) is 0 Å². The van der Waals surface area contributed by atoms with Gasteiger partial charge in [0.25, 0.3) is 5.91 Å². The van der Waals surface area contributed by atoms with Gasteiger partial charge in [-0.1, -0.05) is 30.3 Å². The SMILES string of the molecule is O=C1C[C@H](c2ccccc2)C2(CCN(C(=O)c3ccc[nH]3)CC2)N1. The summed E-state index contributed by atoms with van der Waals surface area (Å²) in [4.78, 5) is 29.4. The van der Waals surface area contributed by atoms with Crippen molar-refractivity contribution in [1.82, 2.24) is 15.2 Å². The van der Waals surface area contributed by atoms with Crippen molar-refractivity contribution in [3.8, 4) is 0 Å². The summed E-state index contributed by atoms with van der Waals surface area (Å²) in [6.45, 7) is 1.34. The molecular formula is C19H21N3O2. The maximum atomic E-state index is 12.5. The molecule has 124 valence electrons. The molecule has 2 aromatic rings. The number of amides is 2. The normalized spacial score (nSPS) is 22.6. The lowest BCUT2D eigenvalue weighted by Crippen LogP contribution is -2.54. The molecule has 1 aromatic carbocycles. The minimum Gasteiger partial charge on any atom is -0.357 e. The van der Waals surface area contributed by atoms with E-state index < -0.39 is 0 Å². The Hall–Kier alpha value is -2.56. The third kappa shape index (κ3) is 2.50. The lowest BCUT2D eigenvalue weighted by atomic mass is 9.74. The second-order valence-corrected chi connectivity index (χ2v) is 6.75. The monoisotopic (exact) mass is 323 g/mol. The Balaban J connectivity index is 1.52. The molecular weight excluding hydrogens is 302 g/mol. The van der Waals surface area contributed by atoms with E-state index in [1.54, 1.807) is 12.3 Å². The number of carbonyl (C=O) groups excluding carboxylic acids is 2. The van der Waals surface area contributed by atoms with Crippen molar-refractivity contribution in [1.29, 1.82) is 0 Å². The van der Waals surface area contributed by atoms with Crippen LogP contribution in [0.4, 0.5) is 0 Å². The number of aromatic amines is 1. The molecule has 2 saturated heterocycles. The molecule has 2 aliphatic heterocycles. The van der Waals surface area contributed by atoms with E-state index in [2.05, 4.69) is 22.4 Å². The summed E-state index contributed by atoms with van der Waals surface area (Å²) in [7, 11) is 0. The van der Waals surface area contributed by atoms with E-state index >= 15 is 0 Å². The van der Waals surface area contributed by atoms with Crippen molar-refractivity contribution in [2.45, 2.75) is 30.7 Å². The Kier molecular flexibility index (Phi) is 3.63. The molecule has 2 amide bonds. The number of H-pyrrole nitrogens is 1. The highest BCUT2D eigenvalue weighted by atomic mass is 16.2. The van der Waals surface area contributed by atoms with Crippen molar-refractivity contribution < 1.29 is 9.59 Å².